The summed E-state index contributed by atoms with van der Waals surface area (Å²) in [4.78, 5) is 38.1. The minimum Gasteiger partial charge on any atom is -0.462 e. The Morgan fingerprint density at radius 3 is 0.957 bits per heavy atom. The summed E-state index contributed by atoms with van der Waals surface area (Å²) in [5.41, 5.74) is 0. The number of allylic oxidation sites excluding steroid dienone is 18. The van der Waals surface area contributed by atoms with Gasteiger partial charge in [-0.1, -0.05) is 220 Å². The summed E-state index contributed by atoms with van der Waals surface area (Å²) < 4.78 is 16.8. The van der Waals surface area contributed by atoms with Crippen LogP contribution in [0, 0.1) is 0 Å². The van der Waals surface area contributed by atoms with Gasteiger partial charge in [0.05, 0.1) is 0 Å². The molecule has 392 valence electrons. The van der Waals surface area contributed by atoms with Crippen LogP contribution in [0.25, 0.3) is 0 Å². The van der Waals surface area contributed by atoms with Crippen molar-refractivity contribution < 1.29 is 28.6 Å². The first-order chi connectivity index (χ1) is 34.0. The normalized spacial score (nSPS) is 12.9. The van der Waals surface area contributed by atoms with Gasteiger partial charge in [0.2, 0.25) is 0 Å². The zero-order valence-electron chi connectivity index (χ0n) is 44.8. The van der Waals surface area contributed by atoms with Crippen molar-refractivity contribution in [3.05, 3.63) is 109 Å². The van der Waals surface area contributed by atoms with E-state index in [0.29, 0.717) is 19.3 Å². The van der Waals surface area contributed by atoms with E-state index >= 15 is 0 Å². The van der Waals surface area contributed by atoms with Gasteiger partial charge in [0.15, 0.2) is 6.10 Å². The van der Waals surface area contributed by atoms with Crippen LogP contribution in [0.15, 0.2) is 109 Å². The highest BCUT2D eigenvalue weighted by Crippen LogP contribution is 2.14. The molecule has 6 nitrogen and oxygen atoms in total. The van der Waals surface area contributed by atoms with Crippen LogP contribution in [0.4, 0.5) is 0 Å². The van der Waals surface area contributed by atoms with Crippen molar-refractivity contribution in [2.45, 2.75) is 258 Å². The zero-order chi connectivity index (χ0) is 50.0. The maximum atomic E-state index is 12.8. The van der Waals surface area contributed by atoms with Crippen molar-refractivity contribution in [2.24, 2.45) is 0 Å². The fourth-order valence-corrected chi connectivity index (χ4v) is 7.48. The predicted molar refractivity (Wildman–Crippen MR) is 297 cm³/mol. The summed E-state index contributed by atoms with van der Waals surface area (Å²) >= 11 is 0. The third-order valence-corrected chi connectivity index (χ3v) is 11.7. The molecule has 0 aliphatic rings. The van der Waals surface area contributed by atoms with Crippen molar-refractivity contribution in [3.8, 4) is 0 Å². The fraction of sp³-hybridized carbons (Fsp3) is 0.667. The molecule has 0 aromatic rings. The number of hydrogen-bond donors (Lipinski definition) is 0. The lowest BCUT2D eigenvalue weighted by Crippen LogP contribution is -2.30. The van der Waals surface area contributed by atoms with E-state index in [4.69, 9.17) is 14.2 Å². The van der Waals surface area contributed by atoms with Crippen LogP contribution in [0.3, 0.4) is 0 Å². The second kappa shape index (κ2) is 56.7. The Labute approximate surface area is 425 Å². The lowest BCUT2D eigenvalue weighted by molar-refractivity contribution is -0.167. The molecule has 0 fully saturated rings. The first-order valence-corrected chi connectivity index (χ1v) is 28.4. The molecule has 6 heteroatoms. The molecular weight excluding hydrogens is 853 g/mol. The van der Waals surface area contributed by atoms with Gasteiger partial charge in [-0.05, 0) is 122 Å². The molecule has 0 aromatic carbocycles. The van der Waals surface area contributed by atoms with E-state index in [1.54, 1.807) is 0 Å². The first kappa shape index (κ1) is 65.1. The molecule has 1 unspecified atom stereocenters. The summed E-state index contributed by atoms with van der Waals surface area (Å²) in [7, 11) is 0. The third kappa shape index (κ3) is 54.9. The SMILES string of the molecule is CC/C=C\C/C=C\C/C=C\C/C=C\C/C=C\C/C=C\CCCCCCC(=O)OCC(COC(=O)CCCCCCC/C=C\C/C=C\CCC)OC(=O)CCCCCCC/C=C\CCCCCCCC. The molecule has 69 heavy (non-hydrogen) atoms. The average molecular weight is 958 g/mol. The van der Waals surface area contributed by atoms with E-state index in [0.717, 1.165) is 154 Å². The van der Waals surface area contributed by atoms with Gasteiger partial charge in [-0.25, -0.2) is 0 Å². The number of carbonyl (C=O) groups is 3. The van der Waals surface area contributed by atoms with Crippen molar-refractivity contribution in [1.82, 2.24) is 0 Å². The Morgan fingerprint density at radius 2 is 0.594 bits per heavy atom. The third-order valence-electron chi connectivity index (χ3n) is 11.7. The molecule has 0 aliphatic heterocycles. The molecule has 0 heterocycles. The van der Waals surface area contributed by atoms with Crippen LogP contribution in [-0.4, -0.2) is 37.2 Å². The van der Waals surface area contributed by atoms with Gasteiger partial charge < -0.3 is 14.2 Å². The van der Waals surface area contributed by atoms with Crippen molar-refractivity contribution in [1.29, 1.82) is 0 Å². The van der Waals surface area contributed by atoms with E-state index in [1.807, 2.05) is 0 Å². The van der Waals surface area contributed by atoms with Crippen LogP contribution >= 0.6 is 0 Å². The monoisotopic (exact) mass is 957 g/mol. The number of carbonyl (C=O) groups excluding carboxylic acids is 3. The maximum Gasteiger partial charge on any atom is 0.306 e. The highest BCUT2D eigenvalue weighted by molar-refractivity contribution is 5.71. The number of esters is 3. The highest BCUT2D eigenvalue weighted by atomic mass is 16.6. The molecule has 0 saturated carbocycles. The Kier molecular flexibility index (Phi) is 53.4. The molecular formula is C63H104O6. The lowest BCUT2D eigenvalue weighted by atomic mass is 10.1. The lowest BCUT2D eigenvalue weighted by Gasteiger charge is -2.18. The van der Waals surface area contributed by atoms with Gasteiger partial charge in [-0.3, -0.25) is 14.4 Å². The summed E-state index contributed by atoms with van der Waals surface area (Å²) in [6.45, 7) is 6.41. The molecule has 0 aromatic heterocycles. The number of rotatable bonds is 50. The quantitative estimate of drug-likeness (QED) is 0.0262. The molecule has 0 rings (SSSR count). The van der Waals surface area contributed by atoms with Gasteiger partial charge in [-0.2, -0.15) is 0 Å². The van der Waals surface area contributed by atoms with E-state index in [1.165, 1.54) is 57.8 Å². The van der Waals surface area contributed by atoms with Gasteiger partial charge in [0, 0.05) is 19.3 Å². The first-order valence-electron chi connectivity index (χ1n) is 28.4. The highest BCUT2D eigenvalue weighted by Gasteiger charge is 2.19. The van der Waals surface area contributed by atoms with E-state index in [9.17, 15) is 14.4 Å². The fourth-order valence-electron chi connectivity index (χ4n) is 7.48. The molecule has 0 amide bonds. The Balaban J connectivity index is 4.44. The van der Waals surface area contributed by atoms with Crippen LogP contribution in [0.1, 0.15) is 252 Å². The topological polar surface area (TPSA) is 78.9 Å². The van der Waals surface area contributed by atoms with Crippen molar-refractivity contribution >= 4 is 17.9 Å². The molecule has 1 atom stereocenters. The standard InChI is InChI=1S/C63H104O6/c1-4-7-10-13-16-19-22-25-27-28-29-30-31-32-33-34-36-38-41-44-47-50-53-56-62(65)68-59-60(58-67-61(64)55-52-49-46-43-40-37-24-21-18-15-12-9-6-3)69-63(66)57-54-51-48-45-42-39-35-26-23-20-17-14-11-8-5-2/h7,10,12,15-16,19,21,24-27,29-30,32-33,35-36,38,60H,4-6,8-9,11,13-14,17-18,20,22-23,28,31,34,37,39-59H2,1-3H3/b10-7-,15-12-,19-16-,24-21-,27-25-,30-29-,33-32-,35-26-,38-36-. The van der Waals surface area contributed by atoms with Gasteiger partial charge in [-0.15, -0.1) is 0 Å². The minimum absolute atomic E-state index is 0.0984. The van der Waals surface area contributed by atoms with Crippen LogP contribution in [0.5, 0.6) is 0 Å². The number of unbranched alkanes of at least 4 members (excludes halogenated alkanes) is 21. The molecule has 0 radical (unpaired) electrons. The van der Waals surface area contributed by atoms with Crippen LogP contribution in [-0.2, 0) is 28.6 Å². The molecule has 0 spiro atoms. The summed E-state index contributed by atoms with van der Waals surface area (Å²) in [5.74, 6) is -0.946. The van der Waals surface area contributed by atoms with Gasteiger partial charge in [0.25, 0.3) is 0 Å². The second-order valence-corrected chi connectivity index (χ2v) is 18.5. The Hall–Kier alpha value is -3.93. The summed E-state index contributed by atoms with van der Waals surface area (Å²) in [6, 6.07) is 0. The zero-order valence-corrected chi connectivity index (χ0v) is 44.8. The molecule has 0 saturated heterocycles. The summed E-state index contributed by atoms with van der Waals surface area (Å²) in [6.07, 6.45) is 76.4. The molecule has 0 aliphatic carbocycles. The van der Waals surface area contributed by atoms with Crippen LogP contribution < -0.4 is 0 Å². The largest absolute Gasteiger partial charge is 0.462 e. The van der Waals surface area contributed by atoms with E-state index in [-0.39, 0.29) is 31.1 Å². The summed E-state index contributed by atoms with van der Waals surface area (Å²) in [5, 5.41) is 0. The molecule has 0 N–H and O–H groups in total. The predicted octanol–water partition coefficient (Wildman–Crippen LogP) is 19.1. The van der Waals surface area contributed by atoms with E-state index in [2.05, 4.69) is 130 Å². The second-order valence-electron chi connectivity index (χ2n) is 18.5. The Bertz CT molecular complexity index is 1420. The number of ether oxygens (including phenoxy) is 3. The van der Waals surface area contributed by atoms with Crippen LogP contribution in [0.2, 0.25) is 0 Å². The van der Waals surface area contributed by atoms with Crippen molar-refractivity contribution in [3.63, 3.8) is 0 Å². The molecule has 0 bridgehead atoms. The van der Waals surface area contributed by atoms with Gasteiger partial charge >= 0.3 is 17.9 Å². The smallest absolute Gasteiger partial charge is 0.306 e. The minimum atomic E-state index is -0.801. The van der Waals surface area contributed by atoms with Crippen molar-refractivity contribution in [2.75, 3.05) is 13.2 Å². The van der Waals surface area contributed by atoms with E-state index < -0.39 is 6.10 Å². The average Bonchev–Trinajstić information content (AvgIpc) is 3.35. The maximum absolute atomic E-state index is 12.8. The van der Waals surface area contributed by atoms with Gasteiger partial charge in [0.1, 0.15) is 13.2 Å². The number of hydrogen-bond acceptors (Lipinski definition) is 6. The Morgan fingerprint density at radius 1 is 0.304 bits per heavy atom.